The van der Waals surface area contributed by atoms with Gasteiger partial charge in [-0.1, -0.05) is 25.5 Å². The predicted octanol–water partition coefficient (Wildman–Crippen LogP) is 4.28. The third kappa shape index (κ3) is 2.55. The van der Waals surface area contributed by atoms with Crippen molar-refractivity contribution in [3.63, 3.8) is 0 Å². The number of aliphatic hydroxyl groups is 1. The van der Waals surface area contributed by atoms with Gasteiger partial charge in [-0.25, -0.2) is 8.78 Å². The Hall–Kier alpha value is -1.47. The van der Waals surface area contributed by atoms with Crippen molar-refractivity contribution in [2.24, 2.45) is 11.3 Å². The minimum absolute atomic E-state index is 0.126. The summed E-state index contributed by atoms with van der Waals surface area (Å²) in [5.41, 5.74) is -2.89. The summed E-state index contributed by atoms with van der Waals surface area (Å²) in [4.78, 5) is 0. The largest absolute Gasteiger partial charge is 0.384 e. The highest BCUT2D eigenvalue weighted by atomic mass is 19.2. The summed E-state index contributed by atoms with van der Waals surface area (Å²) in [5.74, 6) is -1.52. The van der Waals surface area contributed by atoms with Crippen molar-refractivity contribution in [3.8, 4) is 6.07 Å². The van der Waals surface area contributed by atoms with Gasteiger partial charge in [-0.3, -0.25) is 0 Å². The third-order valence-corrected chi connectivity index (χ3v) is 5.16. The van der Waals surface area contributed by atoms with Gasteiger partial charge in [-0.2, -0.15) is 5.26 Å². The molecular weight excluding hydrogens is 272 g/mol. The molecule has 0 saturated heterocycles. The fourth-order valence-corrected chi connectivity index (χ4v) is 3.42. The summed E-state index contributed by atoms with van der Waals surface area (Å²) in [5, 5.41) is 20.5. The zero-order valence-corrected chi connectivity index (χ0v) is 12.5. The first kappa shape index (κ1) is 15.9. The fraction of sp³-hybridized carbons (Fsp3) is 0.588. The number of benzene rings is 1. The molecule has 1 atom stereocenters. The summed E-state index contributed by atoms with van der Waals surface area (Å²) in [6.07, 6.45) is 3.71. The van der Waals surface area contributed by atoms with E-state index in [0.717, 1.165) is 25.3 Å². The van der Waals surface area contributed by atoms with Crippen molar-refractivity contribution in [2.45, 2.75) is 51.6 Å². The van der Waals surface area contributed by atoms with Crippen LogP contribution >= 0.6 is 0 Å². The Morgan fingerprint density at radius 1 is 1.38 bits per heavy atom. The average molecular weight is 293 g/mol. The van der Waals surface area contributed by atoms with E-state index in [1.807, 2.05) is 0 Å². The van der Waals surface area contributed by atoms with Gasteiger partial charge >= 0.3 is 0 Å². The minimum Gasteiger partial charge on any atom is -0.384 e. The summed E-state index contributed by atoms with van der Waals surface area (Å²) < 4.78 is 27.5. The Balaban J connectivity index is 2.41. The van der Waals surface area contributed by atoms with Crippen LogP contribution in [0.3, 0.4) is 0 Å². The van der Waals surface area contributed by atoms with Crippen molar-refractivity contribution in [1.29, 1.82) is 5.26 Å². The number of hydrogen-bond acceptors (Lipinski definition) is 2. The highest BCUT2D eigenvalue weighted by Crippen LogP contribution is 2.51. The molecule has 1 aromatic rings. The van der Waals surface area contributed by atoms with E-state index in [0.29, 0.717) is 18.8 Å². The summed E-state index contributed by atoms with van der Waals surface area (Å²) in [7, 11) is 0. The third-order valence-electron chi connectivity index (χ3n) is 5.16. The lowest BCUT2D eigenvalue weighted by atomic mass is 9.60. The Kier molecular flexibility index (Phi) is 4.34. The lowest BCUT2D eigenvalue weighted by molar-refractivity contribution is -0.0724. The molecule has 0 bridgehead atoms. The van der Waals surface area contributed by atoms with Crippen LogP contribution in [0, 0.1) is 34.3 Å². The van der Waals surface area contributed by atoms with Crippen LogP contribution < -0.4 is 0 Å². The molecule has 1 saturated carbocycles. The van der Waals surface area contributed by atoms with Crippen LogP contribution in [0.5, 0.6) is 0 Å². The second-order valence-corrected chi connectivity index (χ2v) is 6.22. The van der Waals surface area contributed by atoms with Gasteiger partial charge < -0.3 is 5.11 Å². The van der Waals surface area contributed by atoms with Crippen molar-refractivity contribution in [1.82, 2.24) is 0 Å². The Morgan fingerprint density at radius 2 is 2.00 bits per heavy atom. The van der Waals surface area contributed by atoms with Crippen molar-refractivity contribution in [3.05, 3.63) is 35.4 Å². The molecule has 0 aromatic heterocycles. The highest BCUT2D eigenvalue weighted by Gasteiger charge is 2.51. The monoisotopic (exact) mass is 293 g/mol. The van der Waals surface area contributed by atoms with E-state index in [2.05, 4.69) is 13.0 Å². The normalized spacial score (nSPS) is 28.7. The van der Waals surface area contributed by atoms with Crippen LogP contribution in [0.4, 0.5) is 8.78 Å². The molecule has 1 N–H and O–H groups in total. The molecule has 2 rings (SSSR count). The second kappa shape index (κ2) is 5.73. The van der Waals surface area contributed by atoms with Crippen LogP contribution in [0.1, 0.15) is 51.5 Å². The standard InChI is InChI=1S/C17H21F2NO/c1-3-12-7-9-17(11-20,10-8-12)16(2,21)13-5-4-6-14(18)15(13)19/h4-6,12,21H,3,7-10H2,1-2H3. The number of hydrogen-bond donors (Lipinski definition) is 1. The Bertz CT molecular complexity index is 554. The molecule has 1 aliphatic carbocycles. The maximum atomic E-state index is 14.1. The predicted molar refractivity (Wildman–Crippen MR) is 76.2 cm³/mol. The van der Waals surface area contributed by atoms with Gasteiger partial charge in [0.25, 0.3) is 0 Å². The first-order chi connectivity index (χ1) is 9.88. The van der Waals surface area contributed by atoms with E-state index in [1.165, 1.54) is 19.1 Å². The van der Waals surface area contributed by atoms with Gasteiger partial charge in [-0.05, 0) is 44.6 Å². The number of halogens is 2. The lowest BCUT2D eigenvalue weighted by Crippen LogP contribution is -2.45. The molecule has 4 heteroatoms. The first-order valence-corrected chi connectivity index (χ1v) is 7.46. The molecular formula is C17H21F2NO. The summed E-state index contributed by atoms with van der Waals surface area (Å²) in [6.45, 7) is 3.54. The van der Waals surface area contributed by atoms with E-state index in [-0.39, 0.29) is 5.56 Å². The molecule has 114 valence electrons. The van der Waals surface area contributed by atoms with Crippen LogP contribution in [-0.4, -0.2) is 5.11 Å². The van der Waals surface area contributed by atoms with Gasteiger partial charge in [0.2, 0.25) is 0 Å². The molecule has 1 unspecified atom stereocenters. The molecule has 0 aliphatic heterocycles. The molecule has 0 amide bonds. The van der Waals surface area contributed by atoms with Crippen molar-refractivity contribution >= 4 is 0 Å². The zero-order valence-electron chi connectivity index (χ0n) is 12.5. The van der Waals surface area contributed by atoms with Gasteiger partial charge in [-0.15, -0.1) is 0 Å². The average Bonchev–Trinajstić information content (AvgIpc) is 2.49. The maximum Gasteiger partial charge on any atom is 0.164 e. The van der Waals surface area contributed by atoms with E-state index in [1.54, 1.807) is 0 Å². The molecule has 2 nitrogen and oxygen atoms in total. The Morgan fingerprint density at radius 3 is 2.52 bits per heavy atom. The van der Waals surface area contributed by atoms with Crippen LogP contribution in [0.25, 0.3) is 0 Å². The van der Waals surface area contributed by atoms with E-state index in [9.17, 15) is 19.1 Å². The van der Waals surface area contributed by atoms with Crippen LogP contribution in [0.2, 0.25) is 0 Å². The number of nitrogens with zero attached hydrogens (tertiary/aromatic N) is 1. The minimum atomic E-state index is -1.70. The molecule has 1 aliphatic rings. The van der Waals surface area contributed by atoms with Crippen LogP contribution in [-0.2, 0) is 5.60 Å². The number of nitriles is 1. The SMILES string of the molecule is CCC1CCC(C#N)(C(C)(O)c2cccc(F)c2F)CC1. The topological polar surface area (TPSA) is 44.0 Å². The van der Waals surface area contributed by atoms with Crippen molar-refractivity contribution in [2.75, 3.05) is 0 Å². The molecule has 21 heavy (non-hydrogen) atoms. The zero-order chi connectivity index (χ0) is 15.7. The quantitative estimate of drug-likeness (QED) is 0.903. The number of rotatable bonds is 3. The van der Waals surface area contributed by atoms with Crippen molar-refractivity contribution < 1.29 is 13.9 Å². The smallest absolute Gasteiger partial charge is 0.164 e. The van der Waals surface area contributed by atoms with E-state index < -0.39 is 22.7 Å². The fourth-order valence-electron chi connectivity index (χ4n) is 3.42. The van der Waals surface area contributed by atoms with Gasteiger partial charge in [0.05, 0.1) is 11.5 Å². The molecule has 1 fully saturated rings. The van der Waals surface area contributed by atoms with E-state index >= 15 is 0 Å². The highest BCUT2D eigenvalue weighted by molar-refractivity contribution is 5.30. The summed E-state index contributed by atoms with van der Waals surface area (Å²) in [6, 6.07) is 5.95. The molecule has 0 spiro atoms. The molecule has 0 radical (unpaired) electrons. The molecule has 0 heterocycles. The van der Waals surface area contributed by atoms with Gasteiger partial charge in [0.15, 0.2) is 11.6 Å². The van der Waals surface area contributed by atoms with Crippen LogP contribution in [0.15, 0.2) is 18.2 Å². The van der Waals surface area contributed by atoms with E-state index in [4.69, 9.17) is 0 Å². The summed E-state index contributed by atoms with van der Waals surface area (Å²) >= 11 is 0. The lowest BCUT2D eigenvalue weighted by Gasteiger charge is -2.45. The van der Waals surface area contributed by atoms with Gasteiger partial charge in [0.1, 0.15) is 5.60 Å². The first-order valence-electron chi connectivity index (χ1n) is 7.46. The molecule has 1 aromatic carbocycles. The van der Waals surface area contributed by atoms with Gasteiger partial charge in [0, 0.05) is 5.56 Å². The second-order valence-electron chi connectivity index (χ2n) is 6.22. The Labute approximate surface area is 124 Å². The maximum absolute atomic E-state index is 14.1.